The van der Waals surface area contributed by atoms with E-state index in [1.165, 1.54) is 23.3 Å². The number of likely N-dealkylation sites (N-methyl/N-ethyl adjacent to an activating group) is 1. The van der Waals surface area contributed by atoms with E-state index in [0.29, 0.717) is 11.2 Å². The molecule has 0 radical (unpaired) electrons. The minimum Gasteiger partial charge on any atom is -0.306 e. The summed E-state index contributed by atoms with van der Waals surface area (Å²) in [5.74, 6) is -0.541. The lowest BCUT2D eigenvalue weighted by atomic mass is 10.2. The first kappa shape index (κ1) is 17.2. The normalized spacial score (nSPS) is 11.7. The Hall–Kier alpha value is -2.68. The Morgan fingerprint density at radius 2 is 1.96 bits per heavy atom. The van der Waals surface area contributed by atoms with E-state index in [1.54, 1.807) is 6.07 Å². The number of carbonyl (C=O) groups excluding carboxylic acids is 1. The Bertz CT molecular complexity index is 961. The van der Waals surface area contributed by atoms with Gasteiger partial charge in [0.2, 0.25) is 5.91 Å². The van der Waals surface area contributed by atoms with Crippen molar-refractivity contribution in [2.24, 2.45) is 0 Å². The molecule has 3 aromatic rings. The number of pyridine rings is 1. The second kappa shape index (κ2) is 6.32. The number of amides is 1. The molecule has 130 valence electrons. The molecule has 0 unspecified atom stereocenters. The molecule has 1 aromatic carbocycles. The molecule has 0 saturated carbocycles. The minimum absolute atomic E-state index is 0.409. The molecule has 9 heteroatoms. The van der Waals surface area contributed by atoms with Gasteiger partial charge in [-0.05, 0) is 24.3 Å². The summed E-state index contributed by atoms with van der Waals surface area (Å²) in [6.07, 6.45) is -3.61. The summed E-state index contributed by atoms with van der Waals surface area (Å²) in [6.45, 7) is -0.505. The molecular weight excluding hydrogens is 355 g/mol. The topological polar surface area (TPSA) is 55.2 Å². The Kier molecular flexibility index (Phi) is 4.34. The van der Waals surface area contributed by atoms with Crippen LogP contribution in [0.2, 0.25) is 0 Å². The highest BCUT2D eigenvalue weighted by Gasteiger charge is 2.34. The number of alkyl halides is 3. The number of para-hydroxylation sites is 1. The van der Waals surface area contributed by atoms with Gasteiger partial charge in [0.1, 0.15) is 12.1 Å². The van der Waals surface area contributed by atoms with Crippen LogP contribution in [-0.2, 0) is 17.5 Å². The van der Waals surface area contributed by atoms with Crippen LogP contribution in [0.15, 0.2) is 47.4 Å². The zero-order valence-electron chi connectivity index (χ0n) is 12.9. The van der Waals surface area contributed by atoms with Crippen molar-refractivity contribution in [1.82, 2.24) is 9.55 Å². The number of thiazole rings is 1. The molecule has 0 aliphatic heterocycles. The third kappa shape index (κ3) is 3.41. The summed E-state index contributed by atoms with van der Waals surface area (Å²) in [5.41, 5.74) is -1.83. The average molecular weight is 367 g/mol. The molecule has 0 aliphatic carbocycles. The van der Waals surface area contributed by atoms with Crippen LogP contribution in [-0.4, -0.2) is 22.5 Å². The smallest absolute Gasteiger partial charge is 0.306 e. The molecular formula is C16H12F3N3O2S. The fourth-order valence-electron chi connectivity index (χ4n) is 2.24. The van der Waals surface area contributed by atoms with Crippen LogP contribution in [0.5, 0.6) is 0 Å². The largest absolute Gasteiger partial charge is 0.421 e. The zero-order chi connectivity index (χ0) is 18.2. The lowest BCUT2D eigenvalue weighted by Crippen LogP contribution is -2.35. The number of hydrogen-bond donors (Lipinski definition) is 0. The molecule has 2 heterocycles. The molecule has 1 amide bonds. The maximum absolute atomic E-state index is 12.8. The molecule has 0 atom stereocenters. The molecule has 0 spiro atoms. The van der Waals surface area contributed by atoms with Crippen LogP contribution in [0.3, 0.4) is 0 Å². The van der Waals surface area contributed by atoms with Gasteiger partial charge in [-0.3, -0.25) is 14.5 Å². The van der Waals surface area contributed by atoms with Crippen molar-refractivity contribution in [3.8, 4) is 0 Å². The lowest BCUT2D eigenvalue weighted by molar-refractivity contribution is -0.139. The molecule has 0 aliphatic rings. The standard InChI is InChI=1S/C16H12F3N3O2S/c1-21(15-20-11-6-2-3-7-12(11)25-15)13(23)9-22-8-4-5-10(14(22)24)16(17,18)19/h2-8H,9H2,1H3. The Morgan fingerprint density at radius 3 is 2.64 bits per heavy atom. The van der Waals surface area contributed by atoms with Gasteiger partial charge in [0, 0.05) is 13.2 Å². The van der Waals surface area contributed by atoms with Gasteiger partial charge in [-0.1, -0.05) is 23.5 Å². The maximum atomic E-state index is 12.8. The highest BCUT2D eigenvalue weighted by Crippen LogP contribution is 2.28. The number of halogens is 3. The van der Waals surface area contributed by atoms with Gasteiger partial charge in [-0.25, -0.2) is 4.98 Å². The quantitative estimate of drug-likeness (QED) is 0.715. The first-order valence-electron chi connectivity index (χ1n) is 7.16. The van der Waals surface area contributed by atoms with Gasteiger partial charge in [0.15, 0.2) is 5.13 Å². The van der Waals surface area contributed by atoms with Gasteiger partial charge in [0.05, 0.1) is 10.2 Å². The van der Waals surface area contributed by atoms with Crippen molar-refractivity contribution < 1.29 is 18.0 Å². The average Bonchev–Trinajstić information content (AvgIpc) is 2.98. The Labute approximate surface area is 143 Å². The van der Waals surface area contributed by atoms with E-state index in [1.807, 2.05) is 18.2 Å². The van der Waals surface area contributed by atoms with E-state index in [4.69, 9.17) is 0 Å². The molecule has 0 saturated heterocycles. The van der Waals surface area contributed by atoms with Crippen LogP contribution >= 0.6 is 11.3 Å². The van der Waals surface area contributed by atoms with Gasteiger partial charge in [-0.2, -0.15) is 13.2 Å². The summed E-state index contributed by atoms with van der Waals surface area (Å²) >= 11 is 1.28. The molecule has 2 aromatic heterocycles. The molecule has 0 bridgehead atoms. The molecule has 0 N–H and O–H groups in total. The van der Waals surface area contributed by atoms with E-state index >= 15 is 0 Å². The van der Waals surface area contributed by atoms with Gasteiger partial charge in [0.25, 0.3) is 5.56 Å². The molecule has 3 rings (SSSR count). The highest BCUT2D eigenvalue weighted by atomic mass is 32.1. The molecule has 0 fully saturated rings. The lowest BCUT2D eigenvalue weighted by Gasteiger charge is -2.15. The maximum Gasteiger partial charge on any atom is 0.421 e. The predicted octanol–water partition coefficient (Wildman–Crippen LogP) is 3.14. The fraction of sp³-hybridized carbons (Fsp3) is 0.188. The minimum atomic E-state index is -4.76. The van der Waals surface area contributed by atoms with Crippen LogP contribution in [0.4, 0.5) is 18.3 Å². The molecule has 25 heavy (non-hydrogen) atoms. The zero-order valence-corrected chi connectivity index (χ0v) is 13.8. The first-order valence-corrected chi connectivity index (χ1v) is 7.98. The number of anilines is 1. The number of hydrogen-bond acceptors (Lipinski definition) is 4. The number of nitrogens with zero attached hydrogens (tertiary/aromatic N) is 3. The summed E-state index contributed by atoms with van der Waals surface area (Å²) in [5, 5.41) is 0.409. The summed E-state index contributed by atoms with van der Waals surface area (Å²) in [4.78, 5) is 29.8. The number of rotatable bonds is 3. The van der Waals surface area contributed by atoms with E-state index < -0.39 is 29.8 Å². The molecule has 5 nitrogen and oxygen atoms in total. The van der Waals surface area contributed by atoms with E-state index in [-0.39, 0.29) is 0 Å². The van der Waals surface area contributed by atoms with Crippen LogP contribution in [0, 0.1) is 0 Å². The van der Waals surface area contributed by atoms with Crippen molar-refractivity contribution in [3.63, 3.8) is 0 Å². The predicted molar refractivity (Wildman–Crippen MR) is 88.7 cm³/mol. The number of carbonyl (C=O) groups is 1. The number of benzene rings is 1. The monoisotopic (exact) mass is 367 g/mol. The third-order valence-electron chi connectivity index (χ3n) is 3.57. The summed E-state index contributed by atoms with van der Waals surface area (Å²) in [6, 6.07) is 9.09. The first-order chi connectivity index (χ1) is 11.8. The SMILES string of the molecule is CN(C(=O)Cn1cccc(C(F)(F)F)c1=O)c1nc2ccccc2s1. The summed E-state index contributed by atoms with van der Waals surface area (Å²) < 4.78 is 40.0. The van der Waals surface area contributed by atoms with Gasteiger partial charge in [-0.15, -0.1) is 0 Å². The number of fused-ring (bicyclic) bond motifs is 1. The van der Waals surface area contributed by atoms with E-state index in [9.17, 15) is 22.8 Å². The van der Waals surface area contributed by atoms with E-state index in [0.717, 1.165) is 27.0 Å². The van der Waals surface area contributed by atoms with Crippen molar-refractivity contribution in [1.29, 1.82) is 0 Å². The second-order valence-electron chi connectivity index (χ2n) is 5.27. The van der Waals surface area contributed by atoms with Gasteiger partial charge < -0.3 is 4.57 Å². The van der Waals surface area contributed by atoms with Crippen molar-refractivity contribution in [3.05, 3.63) is 58.5 Å². The fourth-order valence-corrected chi connectivity index (χ4v) is 3.18. The summed E-state index contributed by atoms with van der Waals surface area (Å²) in [7, 11) is 1.47. The van der Waals surface area contributed by atoms with Crippen molar-refractivity contribution >= 4 is 32.6 Å². The van der Waals surface area contributed by atoms with Crippen LogP contribution in [0.1, 0.15) is 5.56 Å². The van der Waals surface area contributed by atoms with Gasteiger partial charge >= 0.3 is 6.18 Å². The Balaban J connectivity index is 1.86. The van der Waals surface area contributed by atoms with Crippen molar-refractivity contribution in [2.75, 3.05) is 11.9 Å². The highest BCUT2D eigenvalue weighted by molar-refractivity contribution is 7.22. The van der Waals surface area contributed by atoms with Crippen LogP contribution in [0.25, 0.3) is 10.2 Å². The van der Waals surface area contributed by atoms with Crippen LogP contribution < -0.4 is 10.5 Å². The Morgan fingerprint density at radius 1 is 1.24 bits per heavy atom. The third-order valence-corrected chi connectivity index (χ3v) is 4.69. The number of aromatic nitrogens is 2. The van der Waals surface area contributed by atoms with Crippen molar-refractivity contribution in [2.45, 2.75) is 12.7 Å². The van der Waals surface area contributed by atoms with E-state index in [2.05, 4.69) is 4.98 Å². The second-order valence-corrected chi connectivity index (χ2v) is 6.28.